The Kier molecular flexibility index (Phi) is 7.38. The van der Waals surface area contributed by atoms with Crippen LogP contribution in [0.15, 0.2) is 42.7 Å². The maximum Gasteiger partial charge on any atom is 0.261 e. The number of hydrogen-bond donors (Lipinski definition) is 1. The predicted octanol–water partition coefficient (Wildman–Crippen LogP) is 3.29. The van der Waals surface area contributed by atoms with Gasteiger partial charge in [0.05, 0.1) is 0 Å². The van der Waals surface area contributed by atoms with E-state index in [4.69, 9.17) is 25.8 Å². The number of nitrogens with zero attached hydrogens (tertiary/aromatic N) is 1. The molecule has 0 fully saturated rings. The van der Waals surface area contributed by atoms with E-state index >= 15 is 0 Å². The van der Waals surface area contributed by atoms with Crippen LogP contribution in [0.25, 0.3) is 0 Å². The molecule has 1 aromatic heterocycles. The summed E-state index contributed by atoms with van der Waals surface area (Å²) in [6, 6.07) is 8.35. The zero-order valence-electron chi connectivity index (χ0n) is 15.2. The highest BCUT2D eigenvalue weighted by Crippen LogP contribution is 2.24. The van der Waals surface area contributed by atoms with E-state index in [1.807, 2.05) is 13.0 Å². The van der Waals surface area contributed by atoms with Crippen LogP contribution in [0, 0.1) is 6.92 Å². The Morgan fingerprint density at radius 3 is 2.54 bits per heavy atom. The van der Waals surface area contributed by atoms with E-state index in [1.54, 1.807) is 43.6 Å². The number of halogens is 1. The molecule has 0 unspecified atom stereocenters. The smallest absolute Gasteiger partial charge is 0.261 e. The average molecular weight is 379 g/mol. The van der Waals surface area contributed by atoms with E-state index in [9.17, 15) is 4.79 Å². The van der Waals surface area contributed by atoms with Crippen molar-refractivity contribution in [2.45, 2.75) is 32.3 Å². The first kappa shape index (κ1) is 20.2. The molecule has 0 spiro atoms. The molecule has 0 aliphatic carbocycles. The standard InChI is InChI=1S/C19H23ClN2O4/c1-12-10-15(20)7-8-16(12)26-13(2)18(23)22-17(19(24-3)25-4)14-6-5-9-21-11-14/h5-11,13,17,19H,1-4H3,(H,22,23)/t13-,17-/m0/s1. The van der Waals surface area contributed by atoms with Crippen molar-refractivity contribution in [1.82, 2.24) is 10.3 Å². The second kappa shape index (κ2) is 9.52. The number of benzene rings is 1. The molecule has 2 aromatic rings. The lowest BCUT2D eigenvalue weighted by atomic mass is 10.1. The fourth-order valence-corrected chi connectivity index (χ4v) is 2.72. The van der Waals surface area contributed by atoms with Gasteiger partial charge in [0.1, 0.15) is 11.8 Å². The van der Waals surface area contributed by atoms with Gasteiger partial charge in [0.15, 0.2) is 12.4 Å². The highest BCUT2D eigenvalue weighted by molar-refractivity contribution is 6.30. The summed E-state index contributed by atoms with van der Waals surface area (Å²) in [7, 11) is 3.03. The summed E-state index contributed by atoms with van der Waals surface area (Å²) < 4.78 is 16.4. The van der Waals surface area contributed by atoms with Crippen LogP contribution < -0.4 is 10.1 Å². The van der Waals surface area contributed by atoms with Gasteiger partial charge in [-0.3, -0.25) is 9.78 Å². The third-order valence-corrected chi connectivity index (χ3v) is 4.12. The van der Waals surface area contributed by atoms with Crippen LogP contribution in [-0.2, 0) is 14.3 Å². The molecule has 1 N–H and O–H groups in total. The van der Waals surface area contributed by atoms with E-state index in [1.165, 1.54) is 14.2 Å². The van der Waals surface area contributed by atoms with E-state index in [0.29, 0.717) is 10.8 Å². The highest BCUT2D eigenvalue weighted by atomic mass is 35.5. The number of aromatic nitrogens is 1. The summed E-state index contributed by atoms with van der Waals surface area (Å²) in [4.78, 5) is 16.7. The molecule has 2 atom stereocenters. The lowest BCUT2D eigenvalue weighted by Gasteiger charge is -2.27. The van der Waals surface area contributed by atoms with Crippen molar-refractivity contribution in [3.05, 3.63) is 58.9 Å². The zero-order valence-corrected chi connectivity index (χ0v) is 16.0. The zero-order chi connectivity index (χ0) is 19.1. The minimum Gasteiger partial charge on any atom is -0.481 e. The predicted molar refractivity (Wildman–Crippen MR) is 99.2 cm³/mol. The van der Waals surface area contributed by atoms with E-state index in [0.717, 1.165) is 11.1 Å². The summed E-state index contributed by atoms with van der Waals surface area (Å²) >= 11 is 5.95. The Balaban J connectivity index is 2.12. The number of aryl methyl sites for hydroxylation is 1. The van der Waals surface area contributed by atoms with Crippen molar-refractivity contribution >= 4 is 17.5 Å². The number of methoxy groups -OCH3 is 2. The van der Waals surface area contributed by atoms with Crippen LogP contribution >= 0.6 is 11.6 Å². The molecule has 6 nitrogen and oxygen atoms in total. The Labute approximate surface area is 158 Å². The third-order valence-electron chi connectivity index (χ3n) is 3.89. The van der Waals surface area contributed by atoms with Gasteiger partial charge in [0.25, 0.3) is 5.91 Å². The fourth-order valence-electron chi connectivity index (χ4n) is 2.50. The van der Waals surface area contributed by atoms with Gasteiger partial charge in [-0.15, -0.1) is 0 Å². The quantitative estimate of drug-likeness (QED) is 0.714. The van der Waals surface area contributed by atoms with E-state index in [-0.39, 0.29) is 5.91 Å². The second-order valence-corrected chi connectivity index (χ2v) is 6.22. The highest BCUT2D eigenvalue weighted by Gasteiger charge is 2.27. The van der Waals surface area contributed by atoms with E-state index < -0.39 is 18.4 Å². The monoisotopic (exact) mass is 378 g/mol. The van der Waals surface area contributed by atoms with Crippen LogP contribution in [0.5, 0.6) is 5.75 Å². The number of rotatable bonds is 8. The topological polar surface area (TPSA) is 69.7 Å². The Morgan fingerprint density at radius 2 is 1.96 bits per heavy atom. The fraction of sp³-hybridized carbons (Fsp3) is 0.368. The number of nitrogens with one attached hydrogen (secondary N) is 1. The number of carbonyl (C=O) groups is 1. The molecular formula is C19H23ClN2O4. The molecule has 1 heterocycles. The first-order chi connectivity index (χ1) is 12.5. The first-order valence-electron chi connectivity index (χ1n) is 8.15. The molecular weight excluding hydrogens is 356 g/mol. The Morgan fingerprint density at radius 1 is 1.23 bits per heavy atom. The van der Waals surface area contributed by atoms with Crippen LogP contribution in [0.2, 0.25) is 5.02 Å². The maximum atomic E-state index is 12.7. The SMILES string of the molecule is COC(OC)[C@@H](NC(=O)[C@H](C)Oc1ccc(Cl)cc1C)c1cccnc1. The summed E-state index contributed by atoms with van der Waals surface area (Å²) in [6.07, 6.45) is 1.94. The number of carbonyl (C=O) groups excluding carboxylic acids is 1. The molecule has 0 aliphatic rings. The molecule has 7 heteroatoms. The maximum absolute atomic E-state index is 12.7. The minimum absolute atomic E-state index is 0.299. The lowest BCUT2D eigenvalue weighted by molar-refractivity contribution is -0.142. The summed E-state index contributed by atoms with van der Waals surface area (Å²) in [6.45, 7) is 3.55. The van der Waals surface area contributed by atoms with Gasteiger partial charge in [-0.2, -0.15) is 0 Å². The van der Waals surface area contributed by atoms with Gasteiger partial charge < -0.3 is 19.5 Å². The molecule has 140 valence electrons. The van der Waals surface area contributed by atoms with Gasteiger partial charge in [-0.05, 0) is 49.2 Å². The molecule has 2 rings (SSSR count). The minimum atomic E-state index is -0.719. The number of pyridine rings is 1. The van der Waals surface area contributed by atoms with Crippen molar-refractivity contribution in [2.75, 3.05) is 14.2 Å². The Bertz CT molecular complexity index is 723. The lowest BCUT2D eigenvalue weighted by Crippen LogP contribution is -2.43. The van der Waals surface area contributed by atoms with Gasteiger partial charge in [-0.1, -0.05) is 17.7 Å². The van der Waals surface area contributed by atoms with Gasteiger partial charge in [0.2, 0.25) is 0 Å². The molecule has 26 heavy (non-hydrogen) atoms. The van der Waals surface area contributed by atoms with Crippen molar-refractivity contribution in [3.8, 4) is 5.75 Å². The van der Waals surface area contributed by atoms with Gasteiger partial charge in [-0.25, -0.2) is 0 Å². The van der Waals surface area contributed by atoms with Crippen molar-refractivity contribution < 1.29 is 19.0 Å². The van der Waals surface area contributed by atoms with Crippen molar-refractivity contribution in [3.63, 3.8) is 0 Å². The molecule has 1 amide bonds. The van der Waals surface area contributed by atoms with Crippen LogP contribution in [0.3, 0.4) is 0 Å². The summed E-state index contributed by atoms with van der Waals surface area (Å²) in [5.74, 6) is 0.303. The molecule has 0 saturated carbocycles. The van der Waals surface area contributed by atoms with Gasteiger partial charge in [0, 0.05) is 31.6 Å². The summed E-state index contributed by atoms with van der Waals surface area (Å²) in [5.41, 5.74) is 1.62. The molecule has 0 bridgehead atoms. The number of hydrogen-bond acceptors (Lipinski definition) is 5. The number of ether oxygens (including phenoxy) is 3. The van der Waals surface area contributed by atoms with Crippen molar-refractivity contribution in [2.24, 2.45) is 0 Å². The molecule has 0 radical (unpaired) electrons. The largest absolute Gasteiger partial charge is 0.481 e. The molecule has 0 saturated heterocycles. The molecule has 1 aromatic carbocycles. The van der Waals surface area contributed by atoms with Gasteiger partial charge >= 0.3 is 0 Å². The Hall–Kier alpha value is -2.15. The molecule has 0 aliphatic heterocycles. The average Bonchev–Trinajstić information content (AvgIpc) is 2.64. The third kappa shape index (κ3) is 5.17. The normalized spacial score (nSPS) is 13.3. The number of amides is 1. The first-order valence-corrected chi connectivity index (χ1v) is 8.52. The van der Waals surface area contributed by atoms with Crippen LogP contribution in [-0.4, -0.2) is 37.5 Å². The van der Waals surface area contributed by atoms with Crippen LogP contribution in [0.4, 0.5) is 0 Å². The van der Waals surface area contributed by atoms with Crippen molar-refractivity contribution in [1.29, 1.82) is 0 Å². The van der Waals surface area contributed by atoms with Crippen LogP contribution in [0.1, 0.15) is 24.1 Å². The van der Waals surface area contributed by atoms with E-state index in [2.05, 4.69) is 10.3 Å². The summed E-state index contributed by atoms with van der Waals surface area (Å²) in [5, 5.41) is 3.52. The second-order valence-electron chi connectivity index (χ2n) is 5.78.